The monoisotopic (exact) mass is 381 g/mol. The molecule has 0 aliphatic carbocycles. The summed E-state index contributed by atoms with van der Waals surface area (Å²) in [5.74, 6) is -0.764. The van der Waals surface area contributed by atoms with Crippen molar-refractivity contribution in [3.05, 3.63) is 65.9 Å². The number of pyridine rings is 1. The molecule has 0 spiro atoms. The first-order chi connectivity index (χ1) is 13.6. The van der Waals surface area contributed by atoms with Gasteiger partial charge in [-0.05, 0) is 43.2 Å². The molecule has 3 aromatic rings. The minimum Gasteiger partial charge on any atom is -0.379 e. The number of carbonyl (C=O) groups excluding carboxylic acids is 2. The Hall–Kier alpha value is -3.06. The van der Waals surface area contributed by atoms with Crippen LogP contribution < -0.4 is 5.32 Å². The lowest BCUT2D eigenvalue weighted by Crippen LogP contribution is -2.42. The van der Waals surface area contributed by atoms with Gasteiger partial charge in [-0.25, -0.2) is 4.39 Å². The lowest BCUT2D eigenvalue weighted by molar-refractivity contribution is -0.123. The van der Waals surface area contributed by atoms with Crippen LogP contribution in [0.3, 0.4) is 0 Å². The van der Waals surface area contributed by atoms with Crippen LogP contribution in [0.2, 0.25) is 0 Å². The van der Waals surface area contributed by atoms with Crippen molar-refractivity contribution in [1.29, 1.82) is 0 Å². The van der Waals surface area contributed by atoms with E-state index in [2.05, 4.69) is 10.3 Å². The number of rotatable bonds is 5. The Morgan fingerprint density at radius 2 is 2.07 bits per heavy atom. The Kier molecular flexibility index (Phi) is 5.16. The Balaban J connectivity index is 1.60. The minimum absolute atomic E-state index is 0.0153. The molecule has 1 saturated heterocycles. The molecule has 1 aliphatic rings. The van der Waals surface area contributed by atoms with Crippen molar-refractivity contribution >= 4 is 22.6 Å². The number of aromatic nitrogens is 2. The van der Waals surface area contributed by atoms with Crippen LogP contribution in [0.5, 0.6) is 0 Å². The zero-order chi connectivity index (χ0) is 19.5. The first-order valence-electron chi connectivity index (χ1n) is 9.22. The zero-order valence-electron chi connectivity index (χ0n) is 15.2. The fraction of sp³-hybridized carbons (Fsp3) is 0.286. The molecule has 1 atom stereocenters. The summed E-state index contributed by atoms with van der Waals surface area (Å²) in [4.78, 5) is 29.5. The molecule has 0 saturated carbocycles. The molecule has 1 aromatic carbocycles. The summed E-state index contributed by atoms with van der Waals surface area (Å²) < 4.78 is 20.3. The highest BCUT2D eigenvalue weighted by Crippen LogP contribution is 2.23. The quantitative estimate of drug-likeness (QED) is 0.690. The molecule has 3 heterocycles. The number of nitrogens with one attached hydrogen (secondary N) is 1. The van der Waals surface area contributed by atoms with Gasteiger partial charge in [0.05, 0.1) is 24.4 Å². The van der Waals surface area contributed by atoms with Gasteiger partial charge in [-0.1, -0.05) is 0 Å². The lowest BCUT2D eigenvalue weighted by atomic mass is 10.0. The van der Waals surface area contributed by atoms with Crippen molar-refractivity contribution in [2.45, 2.75) is 25.4 Å². The Bertz CT molecular complexity index is 1010. The highest BCUT2D eigenvalue weighted by Gasteiger charge is 2.20. The average molecular weight is 381 g/mol. The summed E-state index contributed by atoms with van der Waals surface area (Å²) in [6.07, 6.45) is 6.72. The second kappa shape index (κ2) is 7.90. The van der Waals surface area contributed by atoms with Crippen molar-refractivity contribution < 1.29 is 18.7 Å². The Morgan fingerprint density at radius 1 is 1.25 bits per heavy atom. The van der Waals surface area contributed by atoms with E-state index >= 15 is 0 Å². The smallest absolute Gasteiger partial charge is 0.240 e. The number of hydrogen-bond acceptors (Lipinski definition) is 4. The van der Waals surface area contributed by atoms with E-state index in [1.165, 1.54) is 24.3 Å². The number of amides is 1. The maximum atomic E-state index is 13.2. The lowest BCUT2D eigenvalue weighted by Gasteiger charge is -2.23. The highest BCUT2D eigenvalue weighted by molar-refractivity contribution is 6.16. The third-order valence-electron chi connectivity index (χ3n) is 4.87. The summed E-state index contributed by atoms with van der Waals surface area (Å²) in [5.41, 5.74) is 1.54. The Labute approximate surface area is 161 Å². The number of nitrogens with zero attached hydrogens (tertiary/aromatic N) is 2. The van der Waals surface area contributed by atoms with Gasteiger partial charge in [0.1, 0.15) is 12.4 Å². The van der Waals surface area contributed by atoms with Crippen LogP contribution in [0.4, 0.5) is 4.39 Å². The zero-order valence-corrected chi connectivity index (χ0v) is 15.2. The maximum Gasteiger partial charge on any atom is 0.240 e. The van der Waals surface area contributed by atoms with Gasteiger partial charge in [-0.15, -0.1) is 0 Å². The standard InChI is InChI=1S/C21H20FN3O3/c22-15-5-3-14(4-6-15)21(27)18-11-25(19-10-23-8-7-17(18)19)12-20(26)24-16-2-1-9-28-13-16/h3-8,10-11,16H,1-2,9,12-13H2,(H,24,26). The van der Waals surface area contributed by atoms with Crippen LogP contribution in [0.1, 0.15) is 28.8 Å². The minimum atomic E-state index is -0.397. The molecule has 4 rings (SSSR count). The first kappa shape index (κ1) is 18.3. The molecule has 2 aromatic heterocycles. The maximum absolute atomic E-state index is 13.2. The van der Waals surface area contributed by atoms with Gasteiger partial charge in [-0.2, -0.15) is 0 Å². The molecule has 1 aliphatic heterocycles. The fourth-order valence-corrected chi connectivity index (χ4v) is 3.49. The van der Waals surface area contributed by atoms with E-state index in [1.54, 1.807) is 29.2 Å². The topological polar surface area (TPSA) is 73.2 Å². The number of benzene rings is 1. The van der Waals surface area contributed by atoms with Crippen LogP contribution in [0.15, 0.2) is 48.9 Å². The summed E-state index contributed by atoms with van der Waals surface area (Å²) in [6.45, 7) is 1.33. The molecule has 0 radical (unpaired) electrons. The first-order valence-corrected chi connectivity index (χ1v) is 9.22. The van der Waals surface area contributed by atoms with Crippen molar-refractivity contribution in [2.75, 3.05) is 13.2 Å². The normalized spacial score (nSPS) is 16.8. The largest absolute Gasteiger partial charge is 0.379 e. The molecule has 7 heteroatoms. The predicted molar refractivity (Wildman–Crippen MR) is 102 cm³/mol. The highest BCUT2D eigenvalue weighted by atomic mass is 19.1. The van der Waals surface area contributed by atoms with Crippen LogP contribution in [0.25, 0.3) is 10.9 Å². The number of halogens is 1. The molecule has 28 heavy (non-hydrogen) atoms. The molecule has 0 bridgehead atoms. The summed E-state index contributed by atoms with van der Waals surface area (Å²) in [7, 11) is 0. The fourth-order valence-electron chi connectivity index (χ4n) is 3.49. The number of ether oxygens (including phenoxy) is 1. The van der Waals surface area contributed by atoms with Crippen LogP contribution >= 0.6 is 0 Å². The van der Waals surface area contributed by atoms with E-state index in [9.17, 15) is 14.0 Å². The van der Waals surface area contributed by atoms with Crippen molar-refractivity contribution in [3.8, 4) is 0 Å². The summed E-state index contributed by atoms with van der Waals surface area (Å²) in [5, 5.41) is 3.68. The van der Waals surface area contributed by atoms with E-state index in [4.69, 9.17) is 4.74 Å². The van der Waals surface area contributed by atoms with Gasteiger partial charge in [-0.3, -0.25) is 14.6 Å². The van der Waals surface area contributed by atoms with Gasteiger partial charge in [0.2, 0.25) is 5.91 Å². The number of hydrogen-bond donors (Lipinski definition) is 1. The van der Waals surface area contributed by atoms with Crippen LogP contribution in [-0.2, 0) is 16.1 Å². The van der Waals surface area contributed by atoms with Crippen LogP contribution in [0, 0.1) is 5.82 Å². The van der Waals surface area contributed by atoms with E-state index in [0.29, 0.717) is 28.6 Å². The molecule has 144 valence electrons. The molecule has 1 unspecified atom stereocenters. The van der Waals surface area contributed by atoms with E-state index < -0.39 is 5.82 Å². The summed E-state index contributed by atoms with van der Waals surface area (Å²) in [6, 6.07) is 7.19. The van der Waals surface area contributed by atoms with E-state index in [0.717, 1.165) is 19.4 Å². The molecule has 6 nitrogen and oxygen atoms in total. The van der Waals surface area contributed by atoms with Gasteiger partial charge < -0.3 is 14.6 Å². The van der Waals surface area contributed by atoms with Crippen LogP contribution in [-0.4, -0.2) is 40.5 Å². The van der Waals surface area contributed by atoms with Crippen molar-refractivity contribution in [1.82, 2.24) is 14.9 Å². The third kappa shape index (κ3) is 3.80. The van der Waals surface area contributed by atoms with E-state index in [1.807, 2.05) is 0 Å². The molecule has 1 fully saturated rings. The third-order valence-corrected chi connectivity index (χ3v) is 4.87. The van der Waals surface area contributed by atoms with Gasteiger partial charge in [0.25, 0.3) is 0 Å². The molecule has 1 N–H and O–H groups in total. The second-order valence-electron chi connectivity index (χ2n) is 6.88. The van der Waals surface area contributed by atoms with Gasteiger partial charge >= 0.3 is 0 Å². The second-order valence-corrected chi connectivity index (χ2v) is 6.88. The average Bonchev–Trinajstić information content (AvgIpc) is 3.07. The molecular weight excluding hydrogens is 361 g/mol. The summed E-state index contributed by atoms with van der Waals surface area (Å²) >= 11 is 0. The Morgan fingerprint density at radius 3 is 2.82 bits per heavy atom. The number of carbonyl (C=O) groups is 2. The molecular formula is C21H20FN3O3. The number of fused-ring (bicyclic) bond motifs is 1. The van der Waals surface area contributed by atoms with Crippen molar-refractivity contribution in [2.24, 2.45) is 0 Å². The van der Waals surface area contributed by atoms with Crippen molar-refractivity contribution in [3.63, 3.8) is 0 Å². The predicted octanol–water partition coefficient (Wildman–Crippen LogP) is 2.70. The molecule has 1 amide bonds. The van der Waals surface area contributed by atoms with Gasteiger partial charge in [0.15, 0.2) is 5.78 Å². The van der Waals surface area contributed by atoms with E-state index in [-0.39, 0.29) is 24.3 Å². The number of ketones is 1. The van der Waals surface area contributed by atoms with Gasteiger partial charge in [0, 0.05) is 35.5 Å². The SMILES string of the molecule is O=C(Cn1cc(C(=O)c2ccc(F)cc2)c2ccncc21)NC1CCCOC1.